The lowest BCUT2D eigenvalue weighted by Crippen LogP contribution is -2.03. The number of aliphatic hydroxyl groups is 2. The molecule has 0 atom stereocenters. The smallest absolute Gasteiger partial charge is 0.182 e. The van der Waals surface area contributed by atoms with E-state index < -0.39 is 6.29 Å². The summed E-state index contributed by atoms with van der Waals surface area (Å²) >= 11 is 6.32. The number of rotatable bonds is 5. The first kappa shape index (κ1) is 17.5. The van der Waals surface area contributed by atoms with Crippen molar-refractivity contribution < 1.29 is 14.9 Å². The zero-order valence-corrected chi connectivity index (χ0v) is 14.6. The van der Waals surface area contributed by atoms with Crippen LogP contribution in [0.3, 0.4) is 0 Å². The van der Waals surface area contributed by atoms with Crippen LogP contribution in [0, 0.1) is 6.92 Å². The van der Waals surface area contributed by atoms with Crippen molar-refractivity contribution in [1.29, 1.82) is 0 Å². The van der Waals surface area contributed by atoms with Crippen LogP contribution in [0.25, 0.3) is 11.1 Å². The highest BCUT2D eigenvalue weighted by Crippen LogP contribution is 2.34. The molecule has 0 spiro atoms. The molecule has 25 heavy (non-hydrogen) atoms. The van der Waals surface area contributed by atoms with Crippen molar-refractivity contribution in [1.82, 2.24) is 0 Å². The molecule has 2 N–H and O–H groups in total. The fourth-order valence-electron chi connectivity index (χ4n) is 2.64. The van der Waals surface area contributed by atoms with Gasteiger partial charge in [-0.15, -0.1) is 0 Å². The molecule has 0 aliphatic rings. The van der Waals surface area contributed by atoms with Crippen molar-refractivity contribution in [3.63, 3.8) is 0 Å². The Labute approximate surface area is 152 Å². The van der Waals surface area contributed by atoms with Gasteiger partial charge in [0, 0.05) is 16.1 Å². The van der Waals surface area contributed by atoms with E-state index in [0.29, 0.717) is 22.9 Å². The second-order valence-corrected chi connectivity index (χ2v) is 6.29. The lowest BCUT2D eigenvalue weighted by atomic mass is 10.0. The molecule has 0 aromatic heterocycles. The van der Waals surface area contributed by atoms with Gasteiger partial charge in [0.2, 0.25) is 0 Å². The van der Waals surface area contributed by atoms with E-state index in [2.05, 4.69) is 0 Å². The van der Waals surface area contributed by atoms with Crippen LogP contribution in [0.15, 0.2) is 66.7 Å². The molecule has 128 valence electrons. The first-order chi connectivity index (χ1) is 12.0. The molecule has 0 fully saturated rings. The number of hydrogen-bond donors (Lipinski definition) is 2. The number of benzene rings is 3. The Morgan fingerprint density at radius 3 is 2.40 bits per heavy atom. The minimum absolute atomic E-state index is 0.310. The summed E-state index contributed by atoms with van der Waals surface area (Å²) in [7, 11) is 0. The molecule has 0 aliphatic heterocycles. The van der Waals surface area contributed by atoms with Crippen LogP contribution in [0.5, 0.6) is 5.75 Å². The maximum Gasteiger partial charge on any atom is 0.182 e. The molecule has 0 bridgehead atoms. The summed E-state index contributed by atoms with van der Waals surface area (Å²) in [6.07, 6.45) is -1.63. The van der Waals surface area contributed by atoms with Gasteiger partial charge in [-0.1, -0.05) is 60.1 Å². The van der Waals surface area contributed by atoms with Crippen LogP contribution < -0.4 is 4.74 Å². The summed E-state index contributed by atoms with van der Waals surface area (Å²) in [4.78, 5) is 0. The average Bonchev–Trinajstić information content (AvgIpc) is 2.61. The minimum Gasteiger partial charge on any atom is -0.488 e. The Morgan fingerprint density at radius 1 is 0.960 bits per heavy atom. The highest BCUT2D eigenvalue weighted by atomic mass is 35.5. The van der Waals surface area contributed by atoms with Crippen molar-refractivity contribution in [2.75, 3.05) is 0 Å². The third kappa shape index (κ3) is 4.20. The molecule has 0 radical (unpaired) electrons. The maximum absolute atomic E-state index is 9.73. The van der Waals surface area contributed by atoms with Gasteiger partial charge in [0.25, 0.3) is 0 Å². The molecule has 0 amide bonds. The Balaban J connectivity index is 1.90. The van der Waals surface area contributed by atoms with Crippen LogP contribution >= 0.6 is 11.6 Å². The third-order valence-corrected chi connectivity index (χ3v) is 4.27. The summed E-state index contributed by atoms with van der Waals surface area (Å²) in [5, 5.41) is 20.1. The number of hydrogen-bond acceptors (Lipinski definition) is 3. The Kier molecular flexibility index (Phi) is 5.39. The Bertz CT molecular complexity index is 860. The van der Waals surface area contributed by atoms with Crippen molar-refractivity contribution in [3.05, 3.63) is 88.4 Å². The zero-order chi connectivity index (χ0) is 17.8. The van der Waals surface area contributed by atoms with Gasteiger partial charge in [-0.05, 0) is 41.8 Å². The van der Waals surface area contributed by atoms with E-state index in [1.54, 1.807) is 12.1 Å². The maximum atomic E-state index is 9.73. The normalized spacial score (nSPS) is 10.9. The fraction of sp³-hybridized carbons (Fsp3) is 0.143. The van der Waals surface area contributed by atoms with Crippen molar-refractivity contribution >= 4 is 11.6 Å². The summed E-state index contributed by atoms with van der Waals surface area (Å²) in [6.45, 7) is 2.32. The van der Waals surface area contributed by atoms with Gasteiger partial charge in [-0.3, -0.25) is 0 Å². The molecule has 0 unspecified atom stereocenters. The number of ether oxygens (including phenoxy) is 1. The number of halogens is 1. The zero-order valence-electron chi connectivity index (χ0n) is 13.8. The molecule has 0 heterocycles. The molecule has 4 heteroatoms. The quantitative estimate of drug-likeness (QED) is 0.642. The van der Waals surface area contributed by atoms with Crippen LogP contribution in [0.4, 0.5) is 0 Å². The van der Waals surface area contributed by atoms with Crippen LogP contribution in [-0.2, 0) is 6.61 Å². The van der Waals surface area contributed by atoms with E-state index in [9.17, 15) is 10.2 Å². The van der Waals surface area contributed by atoms with Crippen LogP contribution in [-0.4, -0.2) is 10.2 Å². The summed E-state index contributed by atoms with van der Waals surface area (Å²) in [5.41, 5.74) is 4.03. The van der Waals surface area contributed by atoms with Gasteiger partial charge in [-0.2, -0.15) is 0 Å². The molecule has 0 saturated heterocycles. The second kappa shape index (κ2) is 7.70. The highest BCUT2D eigenvalue weighted by molar-refractivity contribution is 6.33. The van der Waals surface area contributed by atoms with Gasteiger partial charge in [0.05, 0.1) is 0 Å². The van der Waals surface area contributed by atoms with E-state index in [-0.39, 0.29) is 0 Å². The van der Waals surface area contributed by atoms with Gasteiger partial charge >= 0.3 is 0 Å². The largest absolute Gasteiger partial charge is 0.488 e. The van der Waals surface area contributed by atoms with Gasteiger partial charge in [0.1, 0.15) is 12.4 Å². The Hall–Kier alpha value is -2.33. The molecule has 3 aromatic carbocycles. The molecule has 3 aromatic rings. The van der Waals surface area contributed by atoms with E-state index in [1.165, 1.54) is 0 Å². The SMILES string of the molecule is Cc1ccc(-c2ccc(OCc3ccccc3)c(C(O)O)c2)c(Cl)c1. The second-order valence-electron chi connectivity index (χ2n) is 5.88. The lowest BCUT2D eigenvalue weighted by molar-refractivity contribution is -0.0442. The summed E-state index contributed by atoms with van der Waals surface area (Å²) in [6, 6.07) is 20.8. The summed E-state index contributed by atoms with van der Waals surface area (Å²) < 4.78 is 5.77. The standard InChI is InChI=1S/C21H19ClO3/c1-14-7-9-17(19(22)11-14)16-8-10-20(18(12-16)21(23)24)25-13-15-5-3-2-4-6-15/h2-12,21,23-24H,13H2,1H3. The van der Waals surface area contributed by atoms with Crippen molar-refractivity contribution in [2.24, 2.45) is 0 Å². The highest BCUT2D eigenvalue weighted by Gasteiger charge is 2.14. The number of aliphatic hydroxyl groups excluding tert-OH is 1. The lowest BCUT2D eigenvalue weighted by Gasteiger charge is -2.15. The molecule has 0 aliphatic carbocycles. The monoisotopic (exact) mass is 354 g/mol. The van der Waals surface area contributed by atoms with Gasteiger partial charge in [-0.25, -0.2) is 0 Å². The molecule has 3 rings (SSSR count). The van der Waals surface area contributed by atoms with Gasteiger partial charge in [0.15, 0.2) is 6.29 Å². The minimum atomic E-state index is -1.63. The van der Waals surface area contributed by atoms with Gasteiger partial charge < -0.3 is 14.9 Å². The molecule has 3 nitrogen and oxygen atoms in total. The molecular formula is C21H19ClO3. The Morgan fingerprint density at radius 2 is 1.72 bits per heavy atom. The third-order valence-electron chi connectivity index (χ3n) is 3.96. The topological polar surface area (TPSA) is 49.7 Å². The fourth-order valence-corrected chi connectivity index (χ4v) is 2.98. The van der Waals surface area contributed by atoms with Crippen LogP contribution in [0.1, 0.15) is 23.0 Å². The first-order valence-corrected chi connectivity index (χ1v) is 8.36. The van der Waals surface area contributed by atoms with E-state index in [4.69, 9.17) is 16.3 Å². The predicted molar refractivity (Wildman–Crippen MR) is 99.6 cm³/mol. The van der Waals surface area contributed by atoms with Crippen molar-refractivity contribution in [2.45, 2.75) is 19.8 Å². The van der Waals surface area contributed by atoms with E-state index >= 15 is 0 Å². The van der Waals surface area contributed by atoms with Crippen LogP contribution in [0.2, 0.25) is 5.02 Å². The molecule has 0 saturated carbocycles. The van der Waals surface area contributed by atoms with Crippen molar-refractivity contribution in [3.8, 4) is 16.9 Å². The first-order valence-electron chi connectivity index (χ1n) is 7.98. The van der Waals surface area contributed by atoms with E-state index in [1.807, 2.05) is 61.5 Å². The van der Waals surface area contributed by atoms with E-state index in [0.717, 1.165) is 22.3 Å². The number of aryl methyl sites for hydroxylation is 1. The average molecular weight is 355 g/mol. The molecular weight excluding hydrogens is 336 g/mol. The summed E-state index contributed by atoms with van der Waals surface area (Å²) in [5.74, 6) is 0.436. The predicted octanol–water partition coefficient (Wildman–Crippen LogP) is 4.88.